The van der Waals surface area contributed by atoms with E-state index in [0.29, 0.717) is 19.4 Å². The molecule has 0 saturated heterocycles. The van der Waals surface area contributed by atoms with E-state index in [4.69, 9.17) is 16.6 Å². The van der Waals surface area contributed by atoms with Gasteiger partial charge in [-0.2, -0.15) is 0 Å². The van der Waals surface area contributed by atoms with Gasteiger partial charge in [0.05, 0.1) is 6.04 Å². The smallest absolute Gasteiger partial charge is 0.328 e. The molecule has 104 valence electrons. The molecule has 0 heterocycles. The fourth-order valence-corrected chi connectivity index (χ4v) is 1.12. The van der Waals surface area contributed by atoms with Crippen molar-refractivity contribution in [2.75, 3.05) is 6.54 Å². The summed E-state index contributed by atoms with van der Waals surface area (Å²) < 4.78 is 0. The first kappa shape index (κ1) is 16.2. The monoisotopic (exact) mass is 260 g/mol. The molecule has 0 aliphatic carbocycles. The van der Waals surface area contributed by atoms with E-state index < -0.39 is 29.5 Å². The Morgan fingerprint density at radius 3 is 2.33 bits per heavy atom. The Balaban J connectivity index is 4.04. The van der Waals surface area contributed by atoms with E-state index in [9.17, 15) is 14.4 Å². The van der Waals surface area contributed by atoms with Gasteiger partial charge in [0.1, 0.15) is 5.54 Å². The van der Waals surface area contributed by atoms with E-state index >= 15 is 0 Å². The molecule has 0 fully saturated rings. The third-order valence-electron chi connectivity index (χ3n) is 2.30. The number of carboxylic acid groups (broad SMARTS) is 1. The SMILES string of the molecule is CC(C)(NC(=O)[C@@H](N)CCCNC(N)=O)C(=O)O. The predicted molar refractivity (Wildman–Crippen MR) is 64.7 cm³/mol. The minimum absolute atomic E-state index is 0.318. The molecule has 0 aliphatic rings. The van der Waals surface area contributed by atoms with E-state index in [-0.39, 0.29) is 0 Å². The molecule has 0 saturated carbocycles. The summed E-state index contributed by atoms with van der Waals surface area (Å²) in [5.74, 6) is -1.68. The van der Waals surface area contributed by atoms with Gasteiger partial charge in [-0.15, -0.1) is 0 Å². The summed E-state index contributed by atoms with van der Waals surface area (Å²) >= 11 is 0. The van der Waals surface area contributed by atoms with E-state index in [1.807, 2.05) is 0 Å². The summed E-state index contributed by atoms with van der Waals surface area (Å²) in [7, 11) is 0. The molecule has 0 unspecified atom stereocenters. The van der Waals surface area contributed by atoms with Gasteiger partial charge >= 0.3 is 12.0 Å². The topological polar surface area (TPSA) is 148 Å². The van der Waals surface area contributed by atoms with Gasteiger partial charge in [-0.05, 0) is 26.7 Å². The lowest BCUT2D eigenvalue weighted by Crippen LogP contribution is -2.54. The fourth-order valence-electron chi connectivity index (χ4n) is 1.12. The highest BCUT2D eigenvalue weighted by atomic mass is 16.4. The van der Waals surface area contributed by atoms with E-state index in [2.05, 4.69) is 10.6 Å². The minimum Gasteiger partial charge on any atom is -0.480 e. The Labute approximate surface area is 105 Å². The number of urea groups is 1. The van der Waals surface area contributed by atoms with Crippen LogP contribution in [0, 0.1) is 0 Å². The van der Waals surface area contributed by atoms with Gasteiger partial charge in [-0.25, -0.2) is 9.59 Å². The number of rotatable bonds is 7. The van der Waals surface area contributed by atoms with Crippen LogP contribution in [0.5, 0.6) is 0 Å². The van der Waals surface area contributed by atoms with Crippen LogP contribution < -0.4 is 22.1 Å². The van der Waals surface area contributed by atoms with Gasteiger partial charge in [-0.3, -0.25) is 4.79 Å². The molecule has 0 bridgehead atoms. The fraction of sp³-hybridized carbons (Fsp3) is 0.700. The molecule has 18 heavy (non-hydrogen) atoms. The van der Waals surface area contributed by atoms with E-state index in [0.717, 1.165) is 0 Å². The van der Waals surface area contributed by atoms with Crippen LogP contribution in [0.4, 0.5) is 4.79 Å². The van der Waals surface area contributed by atoms with Crippen LogP contribution in [-0.2, 0) is 9.59 Å². The molecule has 0 radical (unpaired) electrons. The molecule has 1 atom stereocenters. The number of carbonyl (C=O) groups excluding carboxylic acids is 2. The number of nitrogens with two attached hydrogens (primary N) is 2. The van der Waals surface area contributed by atoms with Crippen molar-refractivity contribution in [3.8, 4) is 0 Å². The number of hydrogen-bond acceptors (Lipinski definition) is 4. The second-order valence-electron chi connectivity index (χ2n) is 4.46. The zero-order valence-corrected chi connectivity index (χ0v) is 10.5. The average Bonchev–Trinajstić information content (AvgIpc) is 2.22. The quantitative estimate of drug-likeness (QED) is 0.362. The Bertz CT molecular complexity index is 330. The van der Waals surface area contributed by atoms with Gasteiger partial charge in [0, 0.05) is 6.54 Å². The first-order valence-corrected chi connectivity index (χ1v) is 5.51. The normalized spacial score (nSPS) is 12.6. The Hall–Kier alpha value is -1.83. The lowest BCUT2D eigenvalue weighted by molar-refractivity contribution is -0.146. The second-order valence-corrected chi connectivity index (χ2v) is 4.46. The van der Waals surface area contributed by atoms with Gasteiger partial charge in [-0.1, -0.05) is 0 Å². The average molecular weight is 260 g/mol. The number of primary amides is 1. The Morgan fingerprint density at radius 2 is 1.89 bits per heavy atom. The van der Waals surface area contributed by atoms with Crippen LogP contribution in [-0.4, -0.2) is 41.1 Å². The third kappa shape index (κ3) is 6.04. The number of nitrogens with one attached hydrogen (secondary N) is 2. The minimum atomic E-state index is -1.36. The Morgan fingerprint density at radius 1 is 1.33 bits per heavy atom. The molecular weight excluding hydrogens is 240 g/mol. The van der Waals surface area contributed by atoms with Gasteiger partial charge in [0.25, 0.3) is 0 Å². The second kappa shape index (κ2) is 6.80. The van der Waals surface area contributed by atoms with Crippen molar-refractivity contribution < 1.29 is 19.5 Å². The highest BCUT2D eigenvalue weighted by Crippen LogP contribution is 2.03. The van der Waals surface area contributed by atoms with E-state index in [1.54, 1.807) is 0 Å². The van der Waals surface area contributed by atoms with Gasteiger partial charge in [0.2, 0.25) is 5.91 Å². The maximum Gasteiger partial charge on any atom is 0.328 e. The molecule has 7 N–H and O–H groups in total. The third-order valence-corrected chi connectivity index (χ3v) is 2.30. The van der Waals surface area contributed by atoms with Crippen molar-refractivity contribution in [3.63, 3.8) is 0 Å². The standard InChI is InChI=1S/C10H20N4O4/c1-10(2,8(16)17)14-7(15)6(11)4-3-5-13-9(12)18/h6H,3-5,11H2,1-2H3,(H,14,15)(H,16,17)(H3,12,13,18)/t6-/m0/s1. The molecule has 0 rings (SSSR count). The summed E-state index contributed by atoms with van der Waals surface area (Å²) in [4.78, 5) is 32.8. The van der Waals surface area contributed by atoms with E-state index in [1.165, 1.54) is 13.8 Å². The molecule has 0 aromatic rings. The highest BCUT2D eigenvalue weighted by molar-refractivity contribution is 5.88. The first-order chi connectivity index (χ1) is 8.16. The predicted octanol–water partition coefficient (Wildman–Crippen LogP) is -1.26. The van der Waals surface area contributed by atoms with Crippen LogP contribution in [0.15, 0.2) is 0 Å². The molecule has 0 aliphatic heterocycles. The van der Waals surface area contributed by atoms with Gasteiger partial charge in [0.15, 0.2) is 0 Å². The molecule has 3 amide bonds. The maximum atomic E-state index is 11.6. The number of carbonyl (C=O) groups is 3. The van der Waals surface area contributed by atoms with Crippen molar-refractivity contribution in [2.45, 2.75) is 38.3 Å². The van der Waals surface area contributed by atoms with Crippen molar-refractivity contribution in [2.24, 2.45) is 11.5 Å². The number of carboxylic acids is 1. The van der Waals surface area contributed by atoms with Crippen molar-refractivity contribution in [1.82, 2.24) is 10.6 Å². The lowest BCUT2D eigenvalue weighted by Gasteiger charge is -2.23. The van der Waals surface area contributed by atoms with Crippen LogP contribution in [0.3, 0.4) is 0 Å². The van der Waals surface area contributed by atoms with Crippen molar-refractivity contribution in [3.05, 3.63) is 0 Å². The molecule has 0 aromatic carbocycles. The van der Waals surface area contributed by atoms with Crippen molar-refractivity contribution in [1.29, 1.82) is 0 Å². The highest BCUT2D eigenvalue weighted by Gasteiger charge is 2.30. The molecule has 0 aromatic heterocycles. The zero-order valence-electron chi connectivity index (χ0n) is 10.5. The number of hydrogen-bond donors (Lipinski definition) is 5. The molecular formula is C10H20N4O4. The summed E-state index contributed by atoms with van der Waals surface area (Å²) in [5, 5.41) is 13.5. The summed E-state index contributed by atoms with van der Waals surface area (Å²) in [6, 6.07) is -1.46. The number of amides is 3. The van der Waals surface area contributed by atoms with Crippen LogP contribution in [0.1, 0.15) is 26.7 Å². The lowest BCUT2D eigenvalue weighted by atomic mass is 10.0. The Kier molecular flexibility index (Phi) is 6.11. The zero-order chi connectivity index (χ0) is 14.3. The molecule has 0 spiro atoms. The van der Waals surface area contributed by atoms with Crippen molar-refractivity contribution >= 4 is 17.9 Å². The maximum absolute atomic E-state index is 11.6. The molecule has 8 heteroatoms. The van der Waals surface area contributed by atoms with Crippen LogP contribution in [0.25, 0.3) is 0 Å². The largest absolute Gasteiger partial charge is 0.480 e. The number of aliphatic carboxylic acids is 1. The summed E-state index contributed by atoms with van der Waals surface area (Å²) in [5.41, 5.74) is 9.09. The summed E-state index contributed by atoms with van der Waals surface area (Å²) in [6.45, 7) is 3.06. The summed E-state index contributed by atoms with van der Waals surface area (Å²) in [6.07, 6.45) is 0.798. The van der Waals surface area contributed by atoms with Crippen LogP contribution >= 0.6 is 0 Å². The first-order valence-electron chi connectivity index (χ1n) is 5.51. The van der Waals surface area contributed by atoms with Crippen LogP contribution in [0.2, 0.25) is 0 Å². The molecule has 8 nitrogen and oxygen atoms in total. The van der Waals surface area contributed by atoms with Gasteiger partial charge < -0.3 is 27.2 Å².